The van der Waals surface area contributed by atoms with Crippen LogP contribution < -0.4 is 15.0 Å². The predicted molar refractivity (Wildman–Crippen MR) is 154 cm³/mol. The van der Waals surface area contributed by atoms with Gasteiger partial charge in [-0.15, -0.1) is 0 Å². The molecule has 0 saturated carbocycles. The Morgan fingerprint density at radius 2 is 1.46 bits per heavy atom. The number of carbonyl (C=O) groups excluding carboxylic acids is 2. The molecule has 8 nitrogen and oxygen atoms in total. The number of nitrogens with zero attached hydrogens (tertiary/aromatic N) is 3. The molecule has 0 N–H and O–H groups in total. The van der Waals surface area contributed by atoms with Crippen molar-refractivity contribution in [3.8, 4) is 11.5 Å². The molecule has 1 aromatic heterocycles. The third-order valence-electron chi connectivity index (χ3n) is 6.51. The van der Waals surface area contributed by atoms with E-state index in [-0.39, 0.29) is 30.3 Å². The van der Waals surface area contributed by atoms with Crippen molar-refractivity contribution in [3.05, 3.63) is 98.0 Å². The summed E-state index contributed by atoms with van der Waals surface area (Å²) in [6.45, 7) is 4.49. The number of halogens is 1. The lowest BCUT2D eigenvalue weighted by molar-refractivity contribution is 0.0655. The summed E-state index contributed by atoms with van der Waals surface area (Å²) in [6, 6.07) is 17.8. The summed E-state index contributed by atoms with van der Waals surface area (Å²) in [5.41, 5.74) is 2.14. The van der Waals surface area contributed by atoms with Crippen molar-refractivity contribution in [1.82, 2.24) is 14.5 Å². The van der Waals surface area contributed by atoms with Crippen LogP contribution in [0.15, 0.2) is 69.9 Å². The number of hydrogen-bond acceptors (Lipinski definition) is 6. The standard InChI is InChI=1S/C28H24BrN3O5.C2H6/c1-36-23-10-7-17(15-24(23)37-2)11-13-31-25(30-22-16-18(29)8-9-21(22)28(31)35)12-14-32-26(33)19-5-3-4-6-20(19)27(32)34;1-2/h3-10,15-16H,11-14H2,1-2H3;1-2H3. The van der Waals surface area contributed by atoms with E-state index in [1.807, 2.05) is 38.1 Å². The normalized spacial score (nSPS) is 12.3. The molecule has 39 heavy (non-hydrogen) atoms. The topological polar surface area (TPSA) is 90.7 Å². The number of ether oxygens (including phenoxy) is 2. The molecule has 0 atom stereocenters. The van der Waals surface area contributed by atoms with Gasteiger partial charge in [0.2, 0.25) is 0 Å². The quantitative estimate of drug-likeness (QED) is 0.259. The monoisotopic (exact) mass is 591 g/mol. The SMILES string of the molecule is CC.COc1ccc(CCn2c(CCN3C(=O)c4ccccc4C3=O)nc3cc(Br)ccc3c2=O)cc1OC. The lowest BCUT2D eigenvalue weighted by Gasteiger charge is -2.17. The van der Waals surface area contributed by atoms with Crippen LogP contribution in [0.2, 0.25) is 0 Å². The molecule has 5 rings (SSSR count). The maximum atomic E-state index is 13.5. The van der Waals surface area contributed by atoms with Crippen molar-refractivity contribution in [2.24, 2.45) is 0 Å². The van der Waals surface area contributed by atoms with E-state index < -0.39 is 0 Å². The van der Waals surface area contributed by atoms with E-state index in [2.05, 4.69) is 15.9 Å². The molecule has 1 aliphatic heterocycles. The number of carbonyl (C=O) groups is 2. The maximum Gasteiger partial charge on any atom is 0.261 e. The number of hydrogen-bond donors (Lipinski definition) is 0. The van der Waals surface area contributed by atoms with E-state index in [0.29, 0.717) is 52.3 Å². The number of fused-ring (bicyclic) bond motifs is 2. The van der Waals surface area contributed by atoms with E-state index in [1.54, 1.807) is 55.2 Å². The second kappa shape index (κ2) is 12.3. The molecule has 0 aliphatic carbocycles. The van der Waals surface area contributed by atoms with Crippen LogP contribution in [-0.4, -0.2) is 47.0 Å². The van der Waals surface area contributed by atoms with E-state index in [4.69, 9.17) is 14.5 Å². The predicted octanol–water partition coefficient (Wildman–Crippen LogP) is 5.28. The van der Waals surface area contributed by atoms with Gasteiger partial charge in [0.25, 0.3) is 17.4 Å². The molecular weight excluding hydrogens is 562 g/mol. The minimum absolute atomic E-state index is 0.120. The second-order valence-electron chi connectivity index (χ2n) is 8.64. The lowest BCUT2D eigenvalue weighted by Crippen LogP contribution is -2.34. The van der Waals surface area contributed by atoms with Gasteiger partial charge in [-0.3, -0.25) is 23.9 Å². The van der Waals surface area contributed by atoms with Crippen LogP contribution in [0.25, 0.3) is 10.9 Å². The molecule has 0 spiro atoms. The molecule has 0 bridgehead atoms. The smallest absolute Gasteiger partial charge is 0.261 e. The van der Waals surface area contributed by atoms with Crippen LogP contribution in [0.4, 0.5) is 0 Å². The summed E-state index contributed by atoms with van der Waals surface area (Å²) in [6.07, 6.45) is 0.791. The molecule has 4 aromatic rings. The minimum atomic E-state index is -0.330. The van der Waals surface area contributed by atoms with Gasteiger partial charge in [-0.2, -0.15) is 0 Å². The minimum Gasteiger partial charge on any atom is -0.493 e. The van der Waals surface area contributed by atoms with Crippen LogP contribution in [0.5, 0.6) is 11.5 Å². The molecule has 0 radical (unpaired) electrons. The molecule has 0 fully saturated rings. The molecule has 0 unspecified atom stereocenters. The van der Waals surface area contributed by atoms with E-state index in [1.165, 1.54) is 4.90 Å². The zero-order valence-corrected chi connectivity index (χ0v) is 23.9. The number of methoxy groups -OCH3 is 2. The number of aromatic nitrogens is 2. The molecule has 202 valence electrons. The van der Waals surface area contributed by atoms with Crippen LogP contribution >= 0.6 is 15.9 Å². The first-order valence-corrected chi connectivity index (χ1v) is 13.6. The summed E-state index contributed by atoms with van der Waals surface area (Å²) in [5, 5.41) is 0.500. The lowest BCUT2D eigenvalue weighted by atomic mass is 10.1. The molecule has 3 aromatic carbocycles. The van der Waals surface area contributed by atoms with Gasteiger partial charge in [0.15, 0.2) is 11.5 Å². The Morgan fingerprint density at radius 3 is 2.10 bits per heavy atom. The third-order valence-corrected chi connectivity index (χ3v) is 7.00. The van der Waals surface area contributed by atoms with Gasteiger partial charge in [0, 0.05) is 24.0 Å². The zero-order valence-electron chi connectivity index (χ0n) is 22.4. The molecule has 0 saturated heterocycles. The second-order valence-corrected chi connectivity index (χ2v) is 9.56. The first kappa shape index (κ1) is 28.0. The van der Waals surface area contributed by atoms with Crippen molar-refractivity contribution in [3.63, 3.8) is 0 Å². The zero-order chi connectivity index (χ0) is 28.1. The van der Waals surface area contributed by atoms with E-state index >= 15 is 0 Å². The van der Waals surface area contributed by atoms with Gasteiger partial charge >= 0.3 is 0 Å². The van der Waals surface area contributed by atoms with Crippen LogP contribution in [0.3, 0.4) is 0 Å². The van der Waals surface area contributed by atoms with Crippen LogP contribution in [0.1, 0.15) is 46.0 Å². The highest BCUT2D eigenvalue weighted by molar-refractivity contribution is 9.10. The molecule has 9 heteroatoms. The summed E-state index contributed by atoms with van der Waals surface area (Å²) in [5.74, 6) is 1.09. The van der Waals surface area contributed by atoms with Gasteiger partial charge in [-0.05, 0) is 54.4 Å². The highest BCUT2D eigenvalue weighted by Crippen LogP contribution is 2.28. The fourth-order valence-corrected chi connectivity index (χ4v) is 4.94. The number of imide groups is 1. The molecular formula is C30H30BrN3O5. The van der Waals surface area contributed by atoms with Crippen molar-refractivity contribution in [2.75, 3.05) is 20.8 Å². The van der Waals surface area contributed by atoms with Gasteiger partial charge in [-0.1, -0.05) is 48.0 Å². The van der Waals surface area contributed by atoms with Crippen LogP contribution in [0, 0.1) is 0 Å². The van der Waals surface area contributed by atoms with Crippen molar-refractivity contribution in [1.29, 1.82) is 0 Å². The van der Waals surface area contributed by atoms with Gasteiger partial charge in [0.1, 0.15) is 5.82 Å². The first-order valence-electron chi connectivity index (χ1n) is 12.8. The van der Waals surface area contributed by atoms with Crippen molar-refractivity contribution in [2.45, 2.75) is 33.2 Å². The van der Waals surface area contributed by atoms with Gasteiger partial charge in [-0.25, -0.2) is 4.98 Å². The van der Waals surface area contributed by atoms with Gasteiger partial charge < -0.3 is 9.47 Å². The highest BCUT2D eigenvalue weighted by Gasteiger charge is 2.34. The summed E-state index contributed by atoms with van der Waals surface area (Å²) in [7, 11) is 3.16. The number of benzene rings is 3. The summed E-state index contributed by atoms with van der Waals surface area (Å²) in [4.78, 5) is 45.2. The Balaban J connectivity index is 0.00000172. The highest BCUT2D eigenvalue weighted by atomic mass is 79.9. The third kappa shape index (κ3) is 5.59. The Hall–Kier alpha value is -3.98. The average molecular weight is 592 g/mol. The molecule has 2 amide bonds. The number of amides is 2. The Labute approximate surface area is 235 Å². The maximum absolute atomic E-state index is 13.5. The van der Waals surface area contributed by atoms with Crippen molar-refractivity contribution < 1.29 is 19.1 Å². The largest absolute Gasteiger partial charge is 0.493 e. The average Bonchev–Trinajstić information content (AvgIpc) is 3.21. The van der Waals surface area contributed by atoms with E-state index in [0.717, 1.165) is 10.0 Å². The summed E-state index contributed by atoms with van der Waals surface area (Å²) < 4.78 is 13.2. The summed E-state index contributed by atoms with van der Waals surface area (Å²) >= 11 is 3.44. The van der Waals surface area contributed by atoms with Crippen LogP contribution in [-0.2, 0) is 19.4 Å². The first-order chi connectivity index (χ1) is 18.9. The Kier molecular flexibility index (Phi) is 8.81. The number of aryl methyl sites for hydroxylation is 1. The van der Waals surface area contributed by atoms with E-state index in [9.17, 15) is 14.4 Å². The fraction of sp³-hybridized carbons (Fsp3) is 0.267. The van der Waals surface area contributed by atoms with Gasteiger partial charge in [0.05, 0.1) is 36.2 Å². The molecule has 2 heterocycles. The Morgan fingerprint density at radius 1 is 0.795 bits per heavy atom. The molecule has 1 aliphatic rings. The fourth-order valence-electron chi connectivity index (χ4n) is 4.59. The van der Waals surface area contributed by atoms with Crippen molar-refractivity contribution >= 4 is 38.6 Å². The Bertz CT molecular complexity index is 1560. The number of rotatable bonds is 8.